The van der Waals surface area contributed by atoms with Gasteiger partial charge in [-0.25, -0.2) is 0 Å². The Labute approximate surface area is 131 Å². The number of hydrogen-bond donors (Lipinski definition) is 2. The van der Waals surface area contributed by atoms with Gasteiger partial charge in [-0.15, -0.1) is 0 Å². The fourth-order valence-corrected chi connectivity index (χ4v) is 2.18. The molecule has 0 fully saturated rings. The zero-order valence-corrected chi connectivity index (χ0v) is 13.1. The number of amides is 1. The van der Waals surface area contributed by atoms with Crippen LogP contribution in [-0.4, -0.2) is 19.1 Å². The van der Waals surface area contributed by atoms with Crippen LogP contribution in [0.4, 0.5) is 11.4 Å². The van der Waals surface area contributed by atoms with Crippen LogP contribution in [0.3, 0.4) is 0 Å². The van der Waals surface area contributed by atoms with Gasteiger partial charge in [0.1, 0.15) is 5.75 Å². The minimum absolute atomic E-state index is 0.0740. The van der Waals surface area contributed by atoms with Crippen molar-refractivity contribution >= 4 is 17.3 Å². The van der Waals surface area contributed by atoms with Crippen molar-refractivity contribution in [3.05, 3.63) is 54.1 Å². The Morgan fingerprint density at radius 2 is 1.77 bits per heavy atom. The van der Waals surface area contributed by atoms with Crippen molar-refractivity contribution < 1.29 is 9.53 Å². The smallest absolute Gasteiger partial charge is 0.243 e. The number of nitrogens with one attached hydrogen (secondary N) is 2. The molecule has 2 rings (SSSR count). The first kappa shape index (κ1) is 15.9. The number of anilines is 2. The van der Waals surface area contributed by atoms with Crippen LogP contribution in [0, 0.1) is 0 Å². The van der Waals surface area contributed by atoms with Crippen LogP contribution in [-0.2, 0) is 11.2 Å². The molecule has 0 heterocycles. The molecule has 0 bridgehead atoms. The van der Waals surface area contributed by atoms with E-state index in [0.717, 1.165) is 23.5 Å². The van der Waals surface area contributed by atoms with Crippen LogP contribution in [0.5, 0.6) is 5.75 Å². The van der Waals surface area contributed by atoms with Gasteiger partial charge in [0.25, 0.3) is 0 Å². The lowest BCUT2D eigenvalue weighted by atomic mass is 10.1. The molecule has 0 saturated heterocycles. The summed E-state index contributed by atoms with van der Waals surface area (Å²) in [6.45, 7) is 4.91. The summed E-state index contributed by atoms with van der Waals surface area (Å²) in [6, 6.07) is 15.4. The van der Waals surface area contributed by atoms with Crippen LogP contribution < -0.4 is 15.4 Å². The van der Waals surface area contributed by atoms with Gasteiger partial charge in [-0.2, -0.15) is 0 Å². The van der Waals surface area contributed by atoms with Crippen LogP contribution in [0.2, 0.25) is 0 Å². The number of ether oxygens (including phenoxy) is 1. The van der Waals surface area contributed by atoms with Gasteiger partial charge in [-0.1, -0.05) is 25.1 Å². The van der Waals surface area contributed by atoms with Crippen molar-refractivity contribution in [1.82, 2.24) is 0 Å². The van der Waals surface area contributed by atoms with Gasteiger partial charge in [0.15, 0.2) is 0 Å². The molecule has 4 nitrogen and oxygen atoms in total. The highest BCUT2D eigenvalue weighted by Crippen LogP contribution is 2.17. The van der Waals surface area contributed by atoms with Crippen molar-refractivity contribution in [2.45, 2.75) is 20.3 Å². The SMILES string of the molecule is CCOc1ccc(NC(=O)CNc2ccccc2CC)cc1. The molecule has 22 heavy (non-hydrogen) atoms. The van der Waals surface area contributed by atoms with Gasteiger partial charge in [0, 0.05) is 11.4 Å². The van der Waals surface area contributed by atoms with E-state index in [1.807, 2.05) is 49.4 Å². The predicted molar refractivity (Wildman–Crippen MR) is 90.6 cm³/mol. The molecule has 116 valence electrons. The average molecular weight is 298 g/mol. The highest BCUT2D eigenvalue weighted by atomic mass is 16.5. The molecule has 0 aromatic heterocycles. The average Bonchev–Trinajstić information content (AvgIpc) is 2.55. The zero-order valence-electron chi connectivity index (χ0n) is 13.1. The fourth-order valence-electron chi connectivity index (χ4n) is 2.18. The lowest BCUT2D eigenvalue weighted by Crippen LogP contribution is -2.22. The van der Waals surface area contributed by atoms with Gasteiger partial charge in [0.2, 0.25) is 5.91 Å². The normalized spacial score (nSPS) is 10.1. The van der Waals surface area contributed by atoms with Crippen molar-refractivity contribution in [2.75, 3.05) is 23.8 Å². The summed E-state index contributed by atoms with van der Waals surface area (Å²) in [6.07, 6.45) is 0.934. The third kappa shape index (κ3) is 4.52. The second kappa shape index (κ2) is 8.08. The van der Waals surface area contributed by atoms with Crippen molar-refractivity contribution in [3.63, 3.8) is 0 Å². The molecule has 0 radical (unpaired) electrons. The molecule has 0 aliphatic carbocycles. The van der Waals surface area contributed by atoms with Gasteiger partial charge in [-0.05, 0) is 49.2 Å². The molecule has 1 amide bonds. The Hall–Kier alpha value is -2.49. The first-order valence-electron chi connectivity index (χ1n) is 7.57. The van der Waals surface area contributed by atoms with Gasteiger partial charge >= 0.3 is 0 Å². The minimum atomic E-state index is -0.0740. The van der Waals surface area contributed by atoms with Crippen LogP contribution in [0.1, 0.15) is 19.4 Å². The Bertz CT molecular complexity index is 609. The van der Waals surface area contributed by atoms with Crippen LogP contribution in [0.25, 0.3) is 0 Å². The minimum Gasteiger partial charge on any atom is -0.494 e. The Kier molecular flexibility index (Phi) is 5.83. The third-order valence-electron chi connectivity index (χ3n) is 3.29. The maximum atomic E-state index is 12.0. The topological polar surface area (TPSA) is 50.4 Å². The molecule has 0 aliphatic heterocycles. The summed E-state index contributed by atoms with van der Waals surface area (Å²) in [5, 5.41) is 6.04. The zero-order chi connectivity index (χ0) is 15.8. The molecule has 4 heteroatoms. The Morgan fingerprint density at radius 3 is 2.45 bits per heavy atom. The summed E-state index contributed by atoms with van der Waals surface area (Å²) in [4.78, 5) is 12.0. The standard InChI is InChI=1S/C18H22N2O2/c1-3-14-7-5-6-8-17(14)19-13-18(21)20-15-9-11-16(12-10-15)22-4-2/h5-12,19H,3-4,13H2,1-2H3,(H,20,21). The van der Waals surface area contributed by atoms with Crippen molar-refractivity contribution in [1.29, 1.82) is 0 Å². The van der Waals surface area contributed by atoms with E-state index >= 15 is 0 Å². The molecule has 2 N–H and O–H groups in total. The molecular formula is C18H22N2O2. The van der Waals surface area contributed by atoms with Gasteiger partial charge < -0.3 is 15.4 Å². The van der Waals surface area contributed by atoms with Crippen LogP contribution >= 0.6 is 0 Å². The third-order valence-corrected chi connectivity index (χ3v) is 3.29. The van der Waals surface area contributed by atoms with E-state index in [1.165, 1.54) is 5.56 Å². The number of carbonyl (C=O) groups excluding carboxylic acids is 1. The maximum absolute atomic E-state index is 12.0. The van der Waals surface area contributed by atoms with Crippen molar-refractivity contribution in [2.24, 2.45) is 0 Å². The number of rotatable bonds is 7. The van der Waals surface area contributed by atoms with Gasteiger partial charge in [0.05, 0.1) is 13.2 Å². The lowest BCUT2D eigenvalue weighted by molar-refractivity contribution is -0.114. The fraction of sp³-hybridized carbons (Fsp3) is 0.278. The quantitative estimate of drug-likeness (QED) is 0.819. The number of benzene rings is 2. The molecule has 2 aromatic carbocycles. The van der Waals surface area contributed by atoms with Crippen molar-refractivity contribution in [3.8, 4) is 5.75 Å². The van der Waals surface area contributed by atoms with E-state index in [0.29, 0.717) is 6.61 Å². The first-order chi connectivity index (χ1) is 10.7. The van der Waals surface area contributed by atoms with E-state index in [9.17, 15) is 4.79 Å². The maximum Gasteiger partial charge on any atom is 0.243 e. The Balaban J connectivity index is 1.87. The number of hydrogen-bond acceptors (Lipinski definition) is 3. The highest BCUT2D eigenvalue weighted by molar-refractivity contribution is 5.93. The predicted octanol–water partition coefficient (Wildman–Crippen LogP) is 3.70. The summed E-state index contributed by atoms with van der Waals surface area (Å²) in [7, 11) is 0. The Morgan fingerprint density at radius 1 is 1.05 bits per heavy atom. The molecule has 0 atom stereocenters. The molecule has 0 unspecified atom stereocenters. The molecular weight excluding hydrogens is 276 g/mol. The largest absolute Gasteiger partial charge is 0.494 e. The summed E-state index contributed by atoms with van der Waals surface area (Å²) >= 11 is 0. The van der Waals surface area contributed by atoms with Gasteiger partial charge in [-0.3, -0.25) is 4.79 Å². The summed E-state index contributed by atoms with van der Waals surface area (Å²) < 4.78 is 5.37. The van der Waals surface area contributed by atoms with E-state index in [-0.39, 0.29) is 12.5 Å². The number of carbonyl (C=O) groups is 1. The summed E-state index contributed by atoms with van der Waals surface area (Å²) in [5.74, 6) is 0.727. The van der Waals surface area contributed by atoms with E-state index in [4.69, 9.17) is 4.74 Å². The van der Waals surface area contributed by atoms with E-state index < -0.39 is 0 Å². The van der Waals surface area contributed by atoms with E-state index in [2.05, 4.69) is 23.6 Å². The van der Waals surface area contributed by atoms with E-state index in [1.54, 1.807) is 0 Å². The molecule has 0 aliphatic rings. The number of para-hydroxylation sites is 1. The molecule has 0 saturated carbocycles. The number of aryl methyl sites for hydroxylation is 1. The lowest BCUT2D eigenvalue weighted by Gasteiger charge is -2.11. The summed E-state index contributed by atoms with van der Waals surface area (Å²) in [5.41, 5.74) is 2.97. The molecule has 2 aromatic rings. The molecule has 0 spiro atoms. The first-order valence-corrected chi connectivity index (χ1v) is 7.57. The second-order valence-electron chi connectivity index (χ2n) is 4.87. The second-order valence-corrected chi connectivity index (χ2v) is 4.87. The highest BCUT2D eigenvalue weighted by Gasteiger charge is 2.04. The monoisotopic (exact) mass is 298 g/mol. The van der Waals surface area contributed by atoms with Crippen LogP contribution in [0.15, 0.2) is 48.5 Å².